The van der Waals surface area contributed by atoms with Crippen molar-refractivity contribution in [3.63, 3.8) is 0 Å². The zero-order valence-electron chi connectivity index (χ0n) is 9.13. The third-order valence-electron chi connectivity index (χ3n) is 3.15. The quantitative estimate of drug-likeness (QED) is 0.930. The Morgan fingerprint density at radius 2 is 2.31 bits per heavy atom. The molecule has 16 heavy (non-hydrogen) atoms. The fraction of sp³-hybridized carbons (Fsp3) is 0.500. The van der Waals surface area contributed by atoms with Gasteiger partial charge < -0.3 is 5.73 Å². The van der Waals surface area contributed by atoms with Crippen molar-refractivity contribution in [2.75, 3.05) is 13.1 Å². The van der Waals surface area contributed by atoms with Gasteiger partial charge in [-0.25, -0.2) is 0 Å². The van der Waals surface area contributed by atoms with Gasteiger partial charge >= 0.3 is 0 Å². The van der Waals surface area contributed by atoms with Gasteiger partial charge in [0.25, 0.3) is 0 Å². The Morgan fingerprint density at radius 1 is 1.50 bits per heavy atom. The Morgan fingerprint density at radius 3 is 3.06 bits per heavy atom. The molecule has 1 aliphatic heterocycles. The first kappa shape index (κ1) is 12.4. The minimum Gasteiger partial charge on any atom is -0.329 e. The summed E-state index contributed by atoms with van der Waals surface area (Å²) < 4.78 is 1.12. The van der Waals surface area contributed by atoms with Crippen LogP contribution in [0, 0.1) is 0 Å². The molecule has 1 heterocycles. The molecule has 1 fully saturated rings. The lowest BCUT2D eigenvalue weighted by atomic mass is 10.2. The molecule has 1 aromatic rings. The molecule has 4 heteroatoms. The van der Waals surface area contributed by atoms with Crippen LogP contribution in [-0.2, 0) is 6.54 Å². The van der Waals surface area contributed by atoms with Crippen LogP contribution in [0.4, 0.5) is 0 Å². The van der Waals surface area contributed by atoms with Gasteiger partial charge in [0, 0.05) is 28.6 Å². The van der Waals surface area contributed by atoms with Crippen molar-refractivity contribution in [2.24, 2.45) is 5.73 Å². The molecule has 0 spiro atoms. The summed E-state index contributed by atoms with van der Waals surface area (Å²) in [4.78, 5) is 2.44. The summed E-state index contributed by atoms with van der Waals surface area (Å²) in [5.41, 5.74) is 7.01. The van der Waals surface area contributed by atoms with Gasteiger partial charge in [0.05, 0.1) is 0 Å². The Bertz CT molecular complexity index is 370. The lowest BCUT2D eigenvalue weighted by molar-refractivity contribution is 0.250. The number of nitrogens with two attached hydrogens (primary N) is 1. The third-order valence-corrected chi connectivity index (χ3v) is 4.16. The fourth-order valence-corrected chi connectivity index (χ4v) is 2.82. The summed E-state index contributed by atoms with van der Waals surface area (Å²) in [7, 11) is 0. The van der Waals surface area contributed by atoms with Crippen LogP contribution in [0.1, 0.15) is 18.4 Å². The van der Waals surface area contributed by atoms with Crippen LogP contribution in [0.2, 0.25) is 5.02 Å². The molecule has 0 saturated carbocycles. The lowest BCUT2D eigenvalue weighted by Gasteiger charge is -2.23. The summed E-state index contributed by atoms with van der Waals surface area (Å²) in [5, 5.41) is 0.793. The molecule has 0 bridgehead atoms. The molecule has 0 aromatic heterocycles. The molecule has 1 atom stereocenters. The largest absolute Gasteiger partial charge is 0.329 e. The highest BCUT2D eigenvalue weighted by molar-refractivity contribution is 9.10. The van der Waals surface area contributed by atoms with Gasteiger partial charge in [-0.05, 0) is 43.1 Å². The Kier molecular flexibility index (Phi) is 4.25. The van der Waals surface area contributed by atoms with E-state index >= 15 is 0 Å². The lowest BCUT2D eigenvalue weighted by Crippen LogP contribution is -2.34. The summed E-state index contributed by atoms with van der Waals surface area (Å²) in [6.45, 7) is 2.82. The predicted octanol–water partition coefficient (Wildman–Crippen LogP) is 3.03. The van der Waals surface area contributed by atoms with Crippen LogP contribution >= 0.6 is 27.5 Å². The van der Waals surface area contributed by atoms with Crippen LogP contribution in [0.15, 0.2) is 22.7 Å². The smallest absolute Gasteiger partial charge is 0.0410 e. The van der Waals surface area contributed by atoms with E-state index in [1.165, 1.54) is 18.4 Å². The van der Waals surface area contributed by atoms with Crippen molar-refractivity contribution >= 4 is 27.5 Å². The molecular formula is C12H16BrClN2. The van der Waals surface area contributed by atoms with Crippen LogP contribution in [0.3, 0.4) is 0 Å². The summed E-state index contributed by atoms with van der Waals surface area (Å²) in [5.74, 6) is 0. The van der Waals surface area contributed by atoms with Gasteiger partial charge in [-0.1, -0.05) is 27.5 Å². The zero-order chi connectivity index (χ0) is 11.5. The van der Waals surface area contributed by atoms with Gasteiger partial charge in [0.15, 0.2) is 0 Å². The Labute approximate surface area is 110 Å². The number of likely N-dealkylation sites (tertiary alicyclic amines) is 1. The van der Waals surface area contributed by atoms with Gasteiger partial charge in [0.2, 0.25) is 0 Å². The maximum absolute atomic E-state index is 6.01. The normalized spacial score (nSPS) is 21.6. The second-order valence-corrected chi connectivity index (χ2v) is 5.53. The van der Waals surface area contributed by atoms with E-state index in [4.69, 9.17) is 17.3 Å². The number of rotatable bonds is 3. The summed E-state index contributed by atoms with van der Waals surface area (Å²) in [6.07, 6.45) is 2.47. The molecule has 2 nitrogen and oxygen atoms in total. The number of halogens is 2. The van der Waals surface area contributed by atoms with Gasteiger partial charge in [-0.3, -0.25) is 4.90 Å². The third kappa shape index (κ3) is 2.77. The van der Waals surface area contributed by atoms with Gasteiger partial charge in [-0.15, -0.1) is 0 Å². The topological polar surface area (TPSA) is 29.3 Å². The highest BCUT2D eigenvalue weighted by Gasteiger charge is 2.23. The van der Waals surface area contributed by atoms with Crippen LogP contribution in [0.25, 0.3) is 0 Å². The van der Waals surface area contributed by atoms with Crippen molar-refractivity contribution in [3.8, 4) is 0 Å². The van der Waals surface area contributed by atoms with Crippen molar-refractivity contribution in [1.82, 2.24) is 4.90 Å². The van der Waals surface area contributed by atoms with E-state index in [2.05, 4.69) is 20.8 Å². The van der Waals surface area contributed by atoms with Crippen LogP contribution < -0.4 is 5.73 Å². The van der Waals surface area contributed by atoms with Crippen molar-refractivity contribution in [3.05, 3.63) is 33.3 Å². The second-order valence-electron chi connectivity index (χ2n) is 4.24. The van der Waals surface area contributed by atoms with E-state index < -0.39 is 0 Å². The molecule has 2 N–H and O–H groups in total. The maximum Gasteiger partial charge on any atom is 0.0410 e. The number of benzene rings is 1. The standard InChI is InChI=1S/C12H16BrClN2/c13-12-4-3-10(14)6-9(12)8-16-5-1-2-11(16)7-15/h3-4,6,11H,1-2,5,7-8,15H2. The first-order chi connectivity index (χ1) is 7.70. The van der Waals surface area contributed by atoms with Gasteiger partial charge in [-0.2, -0.15) is 0 Å². The van der Waals surface area contributed by atoms with E-state index in [-0.39, 0.29) is 0 Å². The highest BCUT2D eigenvalue weighted by Crippen LogP contribution is 2.25. The van der Waals surface area contributed by atoms with Crippen LogP contribution in [0.5, 0.6) is 0 Å². The van der Waals surface area contributed by atoms with E-state index in [0.717, 1.165) is 29.1 Å². The highest BCUT2D eigenvalue weighted by atomic mass is 79.9. The Hall–Kier alpha value is -0.0900. The second kappa shape index (κ2) is 5.50. The van der Waals surface area contributed by atoms with Crippen molar-refractivity contribution < 1.29 is 0 Å². The fourth-order valence-electron chi connectivity index (χ4n) is 2.25. The van der Waals surface area contributed by atoms with Crippen molar-refractivity contribution in [1.29, 1.82) is 0 Å². The Balaban J connectivity index is 2.11. The molecule has 0 radical (unpaired) electrons. The maximum atomic E-state index is 6.01. The predicted molar refractivity (Wildman–Crippen MR) is 71.6 cm³/mol. The molecular weight excluding hydrogens is 288 g/mol. The van der Waals surface area contributed by atoms with E-state index in [1.807, 2.05) is 18.2 Å². The molecule has 1 aromatic carbocycles. The molecule has 2 rings (SSSR count). The minimum absolute atomic E-state index is 0.533. The molecule has 0 amide bonds. The molecule has 0 aliphatic carbocycles. The average molecular weight is 304 g/mol. The monoisotopic (exact) mass is 302 g/mol. The number of hydrogen-bond donors (Lipinski definition) is 1. The van der Waals surface area contributed by atoms with E-state index in [1.54, 1.807) is 0 Å². The summed E-state index contributed by atoms with van der Waals surface area (Å²) in [6, 6.07) is 6.47. The number of hydrogen-bond acceptors (Lipinski definition) is 2. The van der Waals surface area contributed by atoms with E-state index in [9.17, 15) is 0 Å². The molecule has 1 aliphatic rings. The van der Waals surface area contributed by atoms with E-state index in [0.29, 0.717) is 6.04 Å². The van der Waals surface area contributed by atoms with Crippen LogP contribution in [-0.4, -0.2) is 24.0 Å². The SMILES string of the molecule is NCC1CCCN1Cc1cc(Cl)ccc1Br. The number of nitrogens with zero attached hydrogens (tertiary/aromatic N) is 1. The van der Waals surface area contributed by atoms with Crippen molar-refractivity contribution in [2.45, 2.75) is 25.4 Å². The molecule has 88 valence electrons. The molecule has 1 unspecified atom stereocenters. The first-order valence-electron chi connectivity index (χ1n) is 5.58. The van der Waals surface area contributed by atoms with Gasteiger partial charge in [0.1, 0.15) is 0 Å². The zero-order valence-corrected chi connectivity index (χ0v) is 11.5. The first-order valence-corrected chi connectivity index (χ1v) is 6.76. The minimum atomic E-state index is 0.533. The average Bonchev–Trinajstić information content (AvgIpc) is 2.71. The summed E-state index contributed by atoms with van der Waals surface area (Å²) >= 11 is 9.57. The molecule has 1 saturated heterocycles.